The van der Waals surface area contributed by atoms with Crippen molar-refractivity contribution >= 4 is 0 Å². The van der Waals surface area contributed by atoms with Crippen molar-refractivity contribution in [3.63, 3.8) is 0 Å². The third kappa shape index (κ3) is 3.83. The van der Waals surface area contributed by atoms with E-state index in [-0.39, 0.29) is 5.60 Å². The van der Waals surface area contributed by atoms with Gasteiger partial charge in [-0.05, 0) is 38.3 Å². The van der Waals surface area contributed by atoms with E-state index in [1.165, 1.54) is 44.1 Å². The molecule has 1 fully saturated rings. The average molecular weight is 275 g/mol. The Labute approximate surface area is 123 Å². The molecule has 1 unspecified atom stereocenters. The van der Waals surface area contributed by atoms with Crippen molar-refractivity contribution in [2.45, 2.75) is 63.0 Å². The monoisotopic (exact) mass is 275 g/mol. The van der Waals surface area contributed by atoms with E-state index in [4.69, 9.17) is 4.74 Å². The summed E-state index contributed by atoms with van der Waals surface area (Å²) in [6.45, 7) is 0. The number of benzene rings is 1. The molecule has 2 heteroatoms. The molecule has 1 N–H and O–H groups in total. The van der Waals surface area contributed by atoms with E-state index in [0.29, 0.717) is 6.04 Å². The summed E-state index contributed by atoms with van der Waals surface area (Å²) in [6, 6.07) is 11.2. The molecule has 1 atom stereocenters. The Kier molecular flexibility index (Phi) is 6.06. The van der Waals surface area contributed by atoms with Gasteiger partial charge in [-0.1, -0.05) is 56.0 Å². The normalized spacial score (nSPS) is 20.3. The molecule has 0 heterocycles. The molecule has 1 aromatic carbocycles. The van der Waals surface area contributed by atoms with Crippen LogP contribution in [0.25, 0.3) is 0 Å². The molecule has 2 nitrogen and oxygen atoms in total. The van der Waals surface area contributed by atoms with Crippen LogP contribution < -0.4 is 5.32 Å². The molecule has 0 aromatic heterocycles. The second kappa shape index (κ2) is 7.80. The molecular weight excluding hydrogens is 246 g/mol. The van der Waals surface area contributed by atoms with Gasteiger partial charge in [-0.2, -0.15) is 0 Å². The first-order chi connectivity index (χ1) is 9.80. The highest BCUT2D eigenvalue weighted by atomic mass is 16.5. The van der Waals surface area contributed by atoms with Gasteiger partial charge in [-0.3, -0.25) is 0 Å². The molecule has 0 aliphatic heterocycles. The van der Waals surface area contributed by atoms with Crippen LogP contribution in [0.1, 0.15) is 50.5 Å². The molecule has 1 saturated carbocycles. The topological polar surface area (TPSA) is 21.3 Å². The zero-order valence-corrected chi connectivity index (χ0v) is 13.0. The predicted molar refractivity (Wildman–Crippen MR) is 85.1 cm³/mol. The van der Waals surface area contributed by atoms with Crippen molar-refractivity contribution in [1.29, 1.82) is 0 Å². The summed E-state index contributed by atoms with van der Waals surface area (Å²) < 4.78 is 6.04. The summed E-state index contributed by atoms with van der Waals surface area (Å²) in [4.78, 5) is 0. The zero-order chi connectivity index (χ0) is 14.3. The Morgan fingerprint density at radius 2 is 1.75 bits per heavy atom. The number of methoxy groups -OCH3 is 1. The summed E-state index contributed by atoms with van der Waals surface area (Å²) in [5.41, 5.74) is 1.47. The van der Waals surface area contributed by atoms with Gasteiger partial charge in [0.05, 0.1) is 5.60 Å². The van der Waals surface area contributed by atoms with E-state index in [1.807, 2.05) is 7.11 Å². The predicted octanol–water partition coefficient (Wildman–Crippen LogP) is 3.95. The van der Waals surface area contributed by atoms with Crippen LogP contribution in [-0.2, 0) is 11.2 Å². The second-order valence-corrected chi connectivity index (χ2v) is 6.05. The van der Waals surface area contributed by atoms with E-state index in [0.717, 1.165) is 12.8 Å². The number of nitrogens with one attached hydrogen (secondary N) is 1. The second-order valence-electron chi connectivity index (χ2n) is 6.05. The van der Waals surface area contributed by atoms with Crippen molar-refractivity contribution in [2.24, 2.45) is 0 Å². The van der Waals surface area contributed by atoms with Gasteiger partial charge in [0.2, 0.25) is 0 Å². The average Bonchev–Trinajstić information content (AvgIpc) is 2.75. The Hall–Kier alpha value is -0.860. The summed E-state index contributed by atoms with van der Waals surface area (Å²) in [7, 11) is 3.99. The summed E-state index contributed by atoms with van der Waals surface area (Å²) >= 11 is 0. The lowest BCUT2D eigenvalue weighted by Crippen LogP contribution is -2.51. The molecule has 1 aromatic rings. The van der Waals surface area contributed by atoms with Crippen molar-refractivity contribution in [3.05, 3.63) is 35.9 Å². The summed E-state index contributed by atoms with van der Waals surface area (Å²) in [6.07, 6.45) is 9.99. The molecule has 0 amide bonds. The van der Waals surface area contributed by atoms with E-state index in [2.05, 4.69) is 42.7 Å². The number of ether oxygens (including phenoxy) is 1. The van der Waals surface area contributed by atoms with Gasteiger partial charge in [0.1, 0.15) is 0 Å². The maximum atomic E-state index is 6.04. The van der Waals surface area contributed by atoms with Crippen LogP contribution in [0.15, 0.2) is 30.3 Å². The lowest BCUT2D eigenvalue weighted by molar-refractivity contribution is -0.0529. The maximum Gasteiger partial charge on any atom is 0.0830 e. The molecular formula is C18H29NO. The number of likely N-dealkylation sites (N-methyl/N-ethyl adjacent to an activating group) is 1. The first-order valence-electron chi connectivity index (χ1n) is 8.07. The molecule has 1 aliphatic rings. The lowest BCUT2D eigenvalue weighted by Gasteiger charge is -2.39. The minimum atomic E-state index is 0.0417. The Morgan fingerprint density at radius 3 is 2.30 bits per heavy atom. The highest BCUT2D eigenvalue weighted by molar-refractivity contribution is 5.15. The smallest absolute Gasteiger partial charge is 0.0830 e. The van der Waals surface area contributed by atoms with Crippen LogP contribution >= 0.6 is 0 Å². The van der Waals surface area contributed by atoms with Gasteiger partial charge < -0.3 is 10.1 Å². The van der Waals surface area contributed by atoms with Crippen LogP contribution in [0.3, 0.4) is 0 Å². The first kappa shape index (κ1) is 15.5. The van der Waals surface area contributed by atoms with Gasteiger partial charge in [0.15, 0.2) is 0 Å². The Bertz CT molecular complexity index is 368. The largest absolute Gasteiger partial charge is 0.377 e. The van der Waals surface area contributed by atoms with Crippen molar-refractivity contribution in [2.75, 3.05) is 14.2 Å². The van der Waals surface area contributed by atoms with Crippen LogP contribution in [-0.4, -0.2) is 25.8 Å². The number of rotatable bonds is 6. The van der Waals surface area contributed by atoms with Gasteiger partial charge in [0.25, 0.3) is 0 Å². The summed E-state index contributed by atoms with van der Waals surface area (Å²) in [5, 5.41) is 3.54. The fourth-order valence-corrected chi connectivity index (χ4v) is 3.65. The van der Waals surface area contributed by atoms with Crippen molar-refractivity contribution in [1.82, 2.24) is 5.32 Å². The highest BCUT2D eigenvalue weighted by Crippen LogP contribution is 2.34. The molecule has 0 saturated heterocycles. The molecule has 112 valence electrons. The molecule has 0 bridgehead atoms. The molecule has 2 rings (SSSR count). The Balaban J connectivity index is 2.01. The van der Waals surface area contributed by atoms with E-state index < -0.39 is 0 Å². The minimum absolute atomic E-state index is 0.0417. The van der Waals surface area contributed by atoms with Gasteiger partial charge in [0, 0.05) is 13.2 Å². The molecule has 0 spiro atoms. The van der Waals surface area contributed by atoms with Crippen LogP contribution in [0, 0.1) is 0 Å². The van der Waals surface area contributed by atoms with E-state index in [9.17, 15) is 0 Å². The SMILES string of the molecule is CNC(CCc1ccccc1)C1(OC)CCCCCC1. The number of hydrogen-bond acceptors (Lipinski definition) is 2. The molecule has 1 aliphatic carbocycles. The van der Waals surface area contributed by atoms with Crippen molar-refractivity contribution < 1.29 is 4.74 Å². The minimum Gasteiger partial charge on any atom is -0.377 e. The number of hydrogen-bond donors (Lipinski definition) is 1. The number of aryl methyl sites for hydroxylation is 1. The molecule has 20 heavy (non-hydrogen) atoms. The quantitative estimate of drug-likeness (QED) is 0.794. The standard InChI is InChI=1S/C18H29NO/c1-19-17(13-12-16-10-6-5-7-11-16)18(20-2)14-8-3-4-9-15-18/h5-7,10-11,17,19H,3-4,8-9,12-15H2,1-2H3. The summed E-state index contributed by atoms with van der Waals surface area (Å²) in [5.74, 6) is 0. The maximum absolute atomic E-state index is 6.04. The fraction of sp³-hybridized carbons (Fsp3) is 0.667. The molecule has 0 radical (unpaired) electrons. The van der Waals surface area contributed by atoms with Crippen LogP contribution in [0.2, 0.25) is 0 Å². The van der Waals surface area contributed by atoms with E-state index in [1.54, 1.807) is 0 Å². The van der Waals surface area contributed by atoms with Crippen LogP contribution in [0.5, 0.6) is 0 Å². The van der Waals surface area contributed by atoms with Crippen molar-refractivity contribution in [3.8, 4) is 0 Å². The fourth-order valence-electron chi connectivity index (χ4n) is 3.65. The van der Waals surface area contributed by atoms with E-state index >= 15 is 0 Å². The lowest BCUT2D eigenvalue weighted by atomic mass is 9.83. The van der Waals surface area contributed by atoms with Gasteiger partial charge in [-0.15, -0.1) is 0 Å². The zero-order valence-electron chi connectivity index (χ0n) is 13.0. The van der Waals surface area contributed by atoms with Crippen LogP contribution in [0.4, 0.5) is 0 Å². The van der Waals surface area contributed by atoms with Gasteiger partial charge in [-0.25, -0.2) is 0 Å². The first-order valence-corrected chi connectivity index (χ1v) is 8.07. The third-order valence-corrected chi connectivity index (χ3v) is 4.90. The third-order valence-electron chi connectivity index (χ3n) is 4.90. The highest BCUT2D eigenvalue weighted by Gasteiger charge is 2.37. The Morgan fingerprint density at radius 1 is 1.10 bits per heavy atom. The van der Waals surface area contributed by atoms with Gasteiger partial charge >= 0.3 is 0 Å².